The van der Waals surface area contributed by atoms with Crippen molar-refractivity contribution in [1.29, 1.82) is 0 Å². The molecule has 0 radical (unpaired) electrons. The number of benzene rings is 2. The molecule has 0 fully saturated rings. The van der Waals surface area contributed by atoms with E-state index in [1.807, 2.05) is 49.3 Å². The number of aldehydes is 1. The SMILES string of the molecule is Bc1ccc(-c2ccc(N(C)C)cc2C=O)cc1. The van der Waals surface area contributed by atoms with Gasteiger partial charge in [0.05, 0.1) is 0 Å². The normalized spacial score (nSPS) is 10.1. The monoisotopic (exact) mass is 237 g/mol. The van der Waals surface area contributed by atoms with E-state index in [9.17, 15) is 4.79 Å². The first kappa shape index (κ1) is 12.4. The lowest BCUT2D eigenvalue weighted by molar-refractivity contribution is 0.112. The molecule has 0 aliphatic carbocycles. The van der Waals surface area contributed by atoms with Gasteiger partial charge in [0.1, 0.15) is 7.85 Å². The van der Waals surface area contributed by atoms with Crippen LogP contribution in [0.3, 0.4) is 0 Å². The first-order valence-electron chi connectivity index (χ1n) is 5.95. The standard InChI is InChI=1S/C15H16BNO/c1-17(2)14-7-8-15(12(9-14)10-18)11-3-5-13(16)6-4-11/h3-10H,16H2,1-2H3. The number of anilines is 1. The molecule has 0 heterocycles. The van der Waals surface area contributed by atoms with Crippen LogP contribution in [-0.4, -0.2) is 28.2 Å². The highest BCUT2D eigenvalue weighted by Gasteiger charge is 2.06. The third kappa shape index (κ3) is 2.45. The second kappa shape index (κ2) is 5.09. The summed E-state index contributed by atoms with van der Waals surface area (Å²) in [5.74, 6) is 0. The Balaban J connectivity index is 2.50. The fourth-order valence-corrected chi connectivity index (χ4v) is 1.92. The zero-order valence-corrected chi connectivity index (χ0v) is 11.0. The molecular formula is C15H16BNO. The van der Waals surface area contributed by atoms with E-state index in [0.717, 1.165) is 28.7 Å². The maximum Gasteiger partial charge on any atom is 0.150 e. The van der Waals surface area contributed by atoms with Crippen molar-refractivity contribution < 1.29 is 4.79 Å². The molecule has 0 spiro atoms. The lowest BCUT2D eigenvalue weighted by Crippen LogP contribution is -2.09. The van der Waals surface area contributed by atoms with Gasteiger partial charge in [0, 0.05) is 25.3 Å². The molecule has 18 heavy (non-hydrogen) atoms. The van der Waals surface area contributed by atoms with E-state index in [1.165, 1.54) is 5.46 Å². The number of rotatable bonds is 3. The van der Waals surface area contributed by atoms with Crippen molar-refractivity contribution in [2.75, 3.05) is 19.0 Å². The smallest absolute Gasteiger partial charge is 0.150 e. The Kier molecular flexibility index (Phi) is 3.51. The Bertz CT molecular complexity index is 561. The zero-order valence-electron chi connectivity index (χ0n) is 11.0. The Labute approximate surface area is 109 Å². The van der Waals surface area contributed by atoms with E-state index in [1.54, 1.807) is 0 Å². The molecule has 0 N–H and O–H groups in total. The molecule has 2 aromatic rings. The van der Waals surface area contributed by atoms with Crippen LogP contribution < -0.4 is 10.4 Å². The molecule has 0 aromatic heterocycles. The number of nitrogens with zero attached hydrogens (tertiary/aromatic N) is 1. The van der Waals surface area contributed by atoms with Gasteiger partial charge in [-0.3, -0.25) is 4.79 Å². The summed E-state index contributed by atoms with van der Waals surface area (Å²) < 4.78 is 0. The van der Waals surface area contributed by atoms with Gasteiger partial charge in [0.25, 0.3) is 0 Å². The Morgan fingerprint density at radius 2 is 1.72 bits per heavy atom. The molecule has 0 aliphatic heterocycles. The van der Waals surface area contributed by atoms with Crippen molar-refractivity contribution in [2.45, 2.75) is 0 Å². The topological polar surface area (TPSA) is 20.3 Å². The summed E-state index contributed by atoms with van der Waals surface area (Å²) in [5, 5.41) is 0. The van der Waals surface area contributed by atoms with Crippen LogP contribution in [0.5, 0.6) is 0 Å². The maximum absolute atomic E-state index is 11.2. The average Bonchev–Trinajstić information content (AvgIpc) is 2.39. The molecule has 0 atom stereocenters. The molecule has 0 aliphatic rings. The van der Waals surface area contributed by atoms with Crippen LogP contribution in [0.1, 0.15) is 10.4 Å². The summed E-state index contributed by atoms with van der Waals surface area (Å²) in [6.07, 6.45) is 0.919. The third-order valence-electron chi connectivity index (χ3n) is 3.04. The minimum atomic E-state index is 0.727. The van der Waals surface area contributed by atoms with Gasteiger partial charge in [-0.2, -0.15) is 0 Å². The number of carbonyl (C=O) groups excluding carboxylic acids is 1. The number of hydrogen-bond donors (Lipinski definition) is 0. The predicted octanol–water partition coefficient (Wildman–Crippen LogP) is 1.49. The summed E-state index contributed by atoms with van der Waals surface area (Å²) in [5.41, 5.74) is 5.04. The molecule has 2 aromatic carbocycles. The number of carbonyl (C=O) groups is 1. The van der Waals surface area contributed by atoms with Crippen molar-refractivity contribution in [3.8, 4) is 11.1 Å². The molecule has 0 amide bonds. The number of hydrogen-bond acceptors (Lipinski definition) is 2. The minimum absolute atomic E-state index is 0.727. The van der Waals surface area contributed by atoms with E-state index in [2.05, 4.69) is 20.0 Å². The average molecular weight is 237 g/mol. The molecule has 0 unspecified atom stereocenters. The maximum atomic E-state index is 11.2. The Morgan fingerprint density at radius 1 is 1.06 bits per heavy atom. The third-order valence-corrected chi connectivity index (χ3v) is 3.04. The van der Waals surface area contributed by atoms with Crippen molar-refractivity contribution in [3.63, 3.8) is 0 Å². The largest absolute Gasteiger partial charge is 0.378 e. The predicted molar refractivity (Wildman–Crippen MR) is 79.8 cm³/mol. The lowest BCUT2D eigenvalue weighted by atomic mass is 9.92. The van der Waals surface area contributed by atoms with E-state index in [-0.39, 0.29) is 0 Å². The van der Waals surface area contributed by atoms with Crippen LogP contribution in [0.25, 0.3) is 11.1 Å². The quantitative estimate of drug-likeness (QED) is 0.595. The zero-order chi connectivity index (χ0) is 13.1. The first-order valence-corrected chi connectivity index (χ1v) is 5.95. The van der Waals surface area contributed by atoms with E-state index < -0.39 is 0 Å². The summed E-state index contributed by atoms with van der Waals surface area (Å²) in [4.78, 5) is 13.2. The lowest BCUT2D eigenvalue weighted by Gasteiger charge is -2.14. The van der Waals surface area contributed by atoms with E-state index in [4.69, 9.17) is 0 Å². The van der Waals surface area contributed by atoms with Gasteiger partial charge in [-0.25, -0.2) is 0 Å². The van der Waals surface area contributed by atoms with Crippen LogP contribution >= 0.6 is 0 Å². The molecule has 3 heteroatoms. The second-order valence-electron chi connectivity index (χ2n) is 4.65. The highest BCUT2D eigenvalue weighted by Crippen LogP contribution is 2.25. The van der Waals surface area contributed by atoms with Crippen molar-refractivity contribution in [1.82, 2.24) is 0 Å². The van der Waals surface area contributed by atoms with E-state index in [0.29, 0.717) is 0 Å². The Morgan fingerprint density at radius 3 is 2.28 bits per heavy atom. The molecule has 2 nitrogen and oxygen atoms in total. The van der Waals surface area contributed by atoms with Crippen molar-refractivity contribution in [3.05, 3.63) is 48.0 Å². The molecule has 90 valence electrons. The molecule has 0 bridgehead atoms. The van der Waals surface area contributed by atoms with Crippen LogP contribution in [0.4, 0.5) is 5.69 Å². The van der Waals surface area contributed by atoms with Crippen molar-refractivity contribution in [2.24, 2.45) is 0 Å². The molecule has 0 saturated heterocycles. The van der Waals surface area contributed by atoms with Gasteiger partial charge in [-0.15, -0.1) is 0 Å². The van der Waals surface area contributed by atoms with Gasteiger partial charge < -0.3 is 4.90 Å². The minimum Gasteiger partial charge on any atom is -0.378 e. The summed E-state index contributed by atoms with van der Waals surface area (Å²) in [6.45, 7) is 0. The summed E-state index contributed by atoms with van der Waals surface area (Å²) >= 11 is 0. The van der Waals surface area contributed by atoms with Gasteiger partial charge in [-0.1, -0.05) is 35.8 Å². The van der Waals surface area contributed by atoms with Gasteiger partial charge >= 0.3 is 0 Å². The fraction of sp³-hybridized carbons (Fsp3) is 0.133. The Hall–Kier alpha value is -2.03. The van der Waals surface area contributed by atoms with Crippen LogP contribution in [0.15, 0.2) is 42.5 Å². The summed E-state index contributed by atoms with van der Waals surface area (Å²) in [6, 6.07) is 14.2. The molecule has 2 rings (SSSR count). The highest BCUT2D eigenvalue weighted by atomic mass is 16.1. The second-order valence-corrected chi connectivity index (χ2v) is 4.65. The fourth-order valence-electron chi connectivity index (χ4n) is 1.92. The van der Waals surface area contributed by atoms with Gasteiger partial charge in [0.15, 0.2) is 6.29 Å². The van der Waals surface area contributed by atoms with Gasteiger partial charge in [0.2, 0.25) is 0 Å². The van der Waals surface area contributed by atoms with Crippen LogP contribution in [0.2, 0.25) is 0 Å². The summed E-state index contributed by atoms with van der Waals surface area (Å²) in [7, 11) is 5.99. The van der Waals surface area contributed by atoms with Crippen LogP contribution in [0, 0.1) is 0 Å². The van der Waals surface area contributed by atoms with Gasteiger partial charge in [-0.05, 0) is 23.3 Å². The molecule has 0 saturated carbocycles. The molecular weight excluding hydrogens is 221 g/mol. The highest BCUT2D eigenvalue weighted by molar-refractivity contribution is 6.32. The van der Waals surface area contributed by atoms with Crippen molar-refractivity contribution >= 4 is 25.3 Å². The van der Waals surface area contributed by atoms with E-state index >= 15 is 0 Å². The van der Waals surface area contributed by atoms with Crippen LogP contribution in [-0.2, 0) is 0 Å². The first-order chi connectivity index (χ1) is 8.61.